The van der Waals surface area contributed by atoms with Gasteiger partial charge in [-0.05, 0) is 37.1 Å². The van der Waals surface area contributed by atoms with E-state index in [9.17, 15) is 13.2 Å². The summed E-state index contributed by atoms with van der Waals surface area (Å²) in [5.74, 6) is 0.726. The van der Waals surface area contributed by atoms with E-state index >= 15 is 0 Å². The lowest BCUT2D eigenvalue weighted by Gasteiger charge is -2.07. The quantitative estimate of drug-likeness (QED) is 0.724. The van der Waals surface area contributed by atoms with Gasteiger partial charge in [-0.15, -0.1) is 0 Å². The Morgan fingerprint density at radius 1 is 1.16 bits per heavy atom. The van der Waals surface area contributed by atoms with Crippen LogP contribution in [0.15, 0.2) is 42.6 Å². The number of pyridine rings is 1. The van der Waals surface area contributed by atoms with E-state index in [0.29, 0.717) is 36.8 Å². The number of anilines is 1. The van der Waals surface area contributed by atoms with E-state index in [1.165, 1.54) is 6.20 Å². The van der Waals surface area contributed by atoms with E-state index in [-0.39, 0.29) is 5.97 Å². The number of esters is 1. The van der Waals surface area contributed by atoms with Crippen molar-refractivity contribution in [2.24, 2.45) is 0 Å². The molecule has 0 fully saturated rings. The second-order valence-corrected chi connectivity index (χ2v) is 7.06. The van der Waals surface area contributed by atoms with Gasteiger partial charge in [-0.3, -0.25) is 9.52 Å². The molecule has 7 nitrogen and oxygen atoms in total. The lowest BCUT2D eigenvalue weighted by Crippen LogP contribution is -2.09. The first-order valence-electron chi connectivity index (χ1n) is 7.72. The number of rotatable bonds is 8. The highest BCUT2D eigenvalue weighted by molar-refractivity contribution is 7.92. The monoisotopic (exact) mass is 364 g/mol. The van der Waals surface area contributed by atoms with Gasteiger partial charge in [-0.1, -0.05) is 12.1 Å². The molecule has 8 heteroatoms. The molecule has 1 aromatic carbocycles. The van der Waals surface area contributed by atoms with Crippen LogP contribution in [0.3, 0.4) is 0 Å². The molecule has 0 saturated heterocycles. The number of sulfonamides is 1. The summed E-state index contributed by atoms with van der Waals surface area (Å²) in [5.41, 5.74) is 1.37. The van der Waals surface area contributed by atoms with Crippen molar-refractivity contribution in [2.45, 2.75) is 19.8 Å². The third-order valence-corrected chi connectivity index (χ3v) is 3.71. The Balaban J connectivity index is 1.91. The first kappa shape index (κ1) is 18.7. The molecule has 134 valence electrons. The van der Waals surface area contributed by atoms with Gasteiger partial charge in [-0.2, -0.15) is 0 Å². The molecule has 1 N–H and O–H groups in total. The Morgan fingerprint density at radius 2 is 1.88 bits per heavy atom. The van der Waals surface area contributed by atoms with Crippen LogP contribution in [-0.4, -0.2) is 32.2 Å². The fourth-order valence-corrected chi connectivity index (χ4v) is 2.59. The molecular formula is C17H20N2O5S. The van der Waals surface area contributed by atoms with Crippen LogP contribution in [0.2, 0.25) is 0 Å². The predicted octanol–water partition coefficient (Wildman–Crippen LogP) is 2.74. The van der Waals surface area contributed by atoms with Gasteiger partial charge >= 0.3 is 5.97 Å². The summed E-state index contributed by atoms with van der Waals surface area (Å²) >= 11 is 0. The lowest BCUT2D eigenvalue weighted by atomic mass is 10.1. The minimum absolute atomic E-state index is 0.213. The second kappa shape index (κ2) is 8.48. The highest BCUT2D eigenvalue weighted by Crippen LogP contribution is 2.21. The smallest absolute Gasteiger partial charge is 0.306 e. The van der Waals surface area contributed by atoms with Crippen molar-refractivity contribution in [3.63, 3.8) is 0 Å². The summed E-state index contributed by atoms with van der Waals surface area (Å²) in [4.78, 5) is 15.4. The molecule has 0 bridgehead atoms. The normalized spacial score (nSPS) is 11.0. The maximum absolute atomic E-state index is 11.3. The van der Waals surface area contributed by atoms with Crippen molar-refractivity contribution in [1.29, 1.82) is 0 Å². The third-order valence-electron chi connectivity index (χ3n) is 3.11. The Hall–Kier alpha value is -2.61. The maximum Gasteiger partial charge on any atom is 0.306 e. The molecule has 2 aromatic rings. The third kappa shape index (κ3) is 6.80. The van der Waals surface area contributed by atoms with Gasteiger partial charge in [-0.25, -0.2) is 13.4 Å². The summed E-state index contributed by atoms with van der Waals surface area (Å²) in [6.07, 6.45) is 3.39. The van der Waals surface area contributed by atoms with Crippen molar-refractivity contribution < 1.29 is 22.7 Å². The molecule has 0 unspecified atom stereocenters. The van der Waals surface area contributed by atoms with E-state index in [1.807, 2.05) is 12.1 Å². The Labute approximate surface area is 147 Å². The Bertz CT molecular complexity index is 802. The van der Waals surface area contributed by atoms with Crippen molar-refractivity contribution in [3.8, 4) is 11.6 Å². The zero-order valence-corrected chi connectivity index (χ0v) is 14.9. The first-order chi connectivity index (χ1) is 11.9. The van der Waals surface area contributed by atoms with Gasteiger partial charge in [0.15, 0.2) is 0 Å². The fourth-order valence-electron chi connectivity index (χ4n) is 2.04. The molecule has 0 spiro atoms. The number of ether oxygens (including phenoxy) is 2. The highest BCUT2D eigenvalue weighted by Gasteiger charge is 2.05. The minimum Gasteiger partial charge on any atom is -0.466 e. The van der Waals surface area contributed by atoms with Gasteiger partial charge in [0.05, 0.1) is 24.7 Å². The number of aromatic nitrogens is 1. The lowest BCUT2D eigenvalue weighted by molar-refractivity contribution is -0.143. The zero-order chi connectivity index (χ0) is 18.3. The van der Waals surface area contributed by atoms with Crippen LogP contribution in [0.5, 0.6) is 11.6 Å². The van der Waals surface area contributed by atoms with Crippen LogP contribution in [-0.2, 0) is 26.0 Å². The maximum atomic E-state index is 11.3. The number of hydrogen-bond acceptors (Lipinski definition) is 6. The largest absolute Gasteiger partial charge is 0.466 e. The highest BCUT2D eigenvalue weighted by atomic mass is 32.2. The SMILES string of the molecule is CCOC(=O)CCc1ccc(Oc2ccc(NS(C)(=O)=O)cn2)cc1. The topological polar surface area (TPSA) is 94.6 Å². The van der Waals surface area contributed by atoms with E-state index < -0.39 is 10.0 Å². The van der Waals surface area contributed by atoms with Gasteiger partial charge in [0.25, 0.3) is 0 Å². The average Bonchev–Trinajstić information content (AvgIpc) is 2.55. The number of carbonyl (C=O) groups excluding carboxylic acids is 1. The van der Waals surface area contributed by atoms with Crippen molar-refractivity contribution in [3.05, 3.63) is 48.2 Å². The van der Waals surface area contributed by atoms with Gasteiger partial charge in [0.2, 0.25) is 15.9 Å². The minimum atomic E-state index is -3.33. The molecule has 0 amide bonds. The molecule has 0 aliphatic rings. The van der Waals surface area contributed by atoms with Crippen LogP contribution >= 0.6 is 0 Å². The van der Waals surface area contributed by atoms with Crippen molar-refractivity contribution in [1.82, 2.24) is 4.98 Å². The number of nitrogens with one attached hydrogen (secondary N) is 1. The van der Waals surface area contributed by atoms with E-state index in [1.54, 1.807) is 31.2 Å². The zero-order valence-electron chi connectivity index (χ0n) is 14.1. The molecule has 0 atom stereocenters. The second-order valence-electron chi connectivity index (χ2n) is 5.31. The van der Waals surface area contributed by atoms with E-state index in [2.05, 4.69) is 9.71 Å². The number of aryl methyl sites for hydroxylation is 1. The number of nitrogens with zero attached hydrogens (tertiary/aromatic N) is 1. The molecule has 1 aromatic heterocycles. The van der Waals surface area contributed by atoms with Crippen LogP contribution in [0.1, 0.15) is 18.9 Å². The summed E-state index contributed by atoms with van der Waals surface area (Å²) < 4.78 is 35.1. The van der Waals surface area contributed by atoms with Crippen LogP contribution in [0.4, 0.5) is 5.69 Å². The number of hydrogen-bond donors (Lipinski definition) is 1. The van der Waals surface area contributed by atoms with Crippen LogP contribution in [0, 0.1) is 0 Å². The summed E-state index contributed by atoms with van der Waals surface area (Å²) in [7, 11) is -3.33. The van der Waals surface area contributed by atoms with Crippen LogP contribution < -0.4 is 9.46 Å². The fraction of sp³-hybridized carbons (Fsp3) is 0.294. The summed E-state index contributed by atoms with van der Waals surface area (Å²) in [5, 5.41) is 0. The predicted molar refractivity (Wildman–Crippen MR) is 94.2 cm³/mol. The number of carbonyl (C=O) groups is 1. The van der Waals surface area contributed by atoms with Crippen molar-refractivity contribution in [2.75, 3.05) is 17.6 Å². The summed E-state index contributed by atoms with van der Waals surface area (Å²) in [6.45, 7) is 2.17. The molecule has 0 saturated carbocycles. The van der Waals surface area contributed by atoms with E-state index in [4.69, 9.17) is 9.47 Å². The molecular weight excluding hydrogens is 344 g/mol. The Morgan fingerprint density at radius 3 is 2.44 bits per heavy atom. The van der Waals surface area contributed by atoms with Gasteiger partial charge in [0, 0.05) is 12.5 Å². The Kier molecular flexibility index (Phi) is 6.35. The van der Waals surface area contributed by atoms with Gasteiger partial charge in [0.1, 0.15) is 5.75 Å². The standard InChI is InChI=1S/C17H20N2O5S/c1-3-23-17(20)11-6-13-4-8-15(9-5-13)24-16-10-7-14(12-18-16)19-25(2,21)22/h4-5,7-10,12,19H,3,6,11H2,1-2H3. The van der Waals surface area contributed by atoms with Gasteiger partial charge < -0.3 is 9.47 Å². The molecule has 2 rings (SSSR count). The van der Waals surface area contributed by atoms with E-state index in [0.717, 1.165) is 11.8 Å². The van der Waals surface area contributed by atoms with Crippen molar-refractivity contribution >= 4 is 21.7 Å². The first-order valence-corrected chi connectivity index (χ1v) is 9.61. The number of benzene rings is 1. The molecule has 1 heterocycles. The molecule has 0 aliphatic carbocycles. The molecule has 0 radical (unpaired) electrons. The molecule has 25 heavy (non-hydrogen) atoms. The van der Waals surface area contributed by atoms with Crippen LogP contribution in [0.25, 0.3) is 0 Å². The summed E-state index contributed by atoms with van der Waals surface area (Å²) in [6, 6.07) is 10.4. The average molecular weight is 364 g/mol. The molecule has 0 aliphatic heterocycles.